The molecule has 0 aliphatic rings. The summed E-state index contributed by atoms with van der Waals surface area (Å²) in [6.07, 6.45) is 7.62. The van der Waals surface area contributed by atoms with Crippen molar-refractivity contribution in [1.29, 1.82) is 0 Å². The molecule has 0 aromatic heterocycles. The first-order valence-corrected chi connectivity index (χ1v) is 15.7. The first-order chi connectivity index (χ1) is 20.1. The van der Waals surface area contributed by atoms with Gasteiger partial charge in [-0.3, -0.25) is 9.59 Å². The van der Waals surface area contributed by atoms with E-state index in [1.165, 1.54) is 0 Å². The molecule has 0 saturated heterocycles. The van der Waals surface area contributed by atoms with E-state index in [9.17, 15) is 14.4 Å². The molecule has 2 atom stereocenters. The molecule has 2 rings (SSSR count). The normalized spacial score (nSPS) is 12.7. The Hall–Kier alpha value is -3.35. The van der Waals surface area contributed by atoms with Crippen LogP contribution in [0.5, 0.6) is 0 Å². The lowest BCUT2D eigenvalue weighted by Gasteiger charge is -2.35. The van der Waals surface area contributed by atoms with Crippen molar-refractivity contribution in [1.82, 2.24) is 15.5 Å². The van der Waals surface area contributed by atoms with Gasteiger partial charge in [-0.15, -0.1) is 0 Å². The molecular formula is C35H53N3O4. The van der Waals surface area contributed by atoms with E-state index in [0.29, 0.717) is 13.1 Å². The van der Waals surface area contributed by atoms with Gasteiger partial charge in [-0.2, -0.15) is 0 Å². The summed E-state index contributed by atoms with van der Waals surface area (Å²) in [6, 6.07) is 15.6. The van der Waals surface area contributed by atoms with Crippen molar-refractivity contribution in [3.8, 4) is 0 Å². The number of hydrogen-bond acceptors (Lipinski definition) is 4. The lowest BCUT2D eigenvalue weighted by atomic mass is 9.96. The van der Waals surface area contributed by atoms with Crippen LogP contribution >= 0.6 is 0 Å². The van der Waals surface area contributed by atoms with Crippen molar-refractivity contribution in [3.63, 3.8) is 0 Å². The minimum atomic E-state index is -0.905. The van der Waals surface area contributed by atoms with Crippen LogP contribution in [0.25, 0.3) is 0 Å². The fourth-order valence-electron chi connectivity index (χ4n) is 4.98. The van der Waals surface area contributed by atoms with Crippen LogP contribution in [0.15, 0.2) is 54.6 Å². The molecule has 0 bridgehead atoms. The summed E-state index contributed by atoms with van der Waals surface area (Å²) in [6.45, 7) is 12.6. The Labute approximate surface area is 253 Å². The van der Waals surface area contributed by atoms with Crippen LogP contribution in [0.3, 0.4) is 0 Å². The highest BCUT2D eigenvalue weighted by Crippen LogP contribution is 2.27. The molecule has 2 unspecified atom stereocenters. The number of alkyl carbamates (subject to hydrolysis) is 1. The number of hydrogen-bond donors (Lipinski definition) is 2. The summed E-state index contributed by atoms with van der Waals surface area (Å²) in [5, 5.41) is 5.95. The quantitative estimate of drug-likeness (QED) is 0.193. The highest BCUT2D eigenvalue weighted by molar-refractivity contribution is 5.92. The first kappa shape index (κ1) is 34.8. The number of ether oxygens (including phenoxy) is 1. The highest BCUT2D eigenvalue weighted by Gasteiger charge is 2.36. The summed E-state index contributed by atoms with van der Waals surface area (Å²) in [5.74, 6) is -0.491. The van der Waals surface area contributed by atoms with Gasteiger partial charge in [-0.1, -0.05) is 107 Å². The Kier molecular flexibility index (Phi) is 15.1. The van der Waals surface area contributed by atoms with Crippen LogP contribution in [0.1, 0.15) is 109 Å². The fourth-order valence-corrected chi connectivity index (χ4v) is 4.98. The zero-order chi connectivity index (χ0) is 31.0. The Balaban J connectivity index is 2.51. The van der Waals surface area contributed by atoms with Crippen LogP contribution in [-0.4, -0.2) is 47.5 Å². The Morgan fingerprint density at radius 1 is 0.833 bits per heavy atom. The van der Waals surface area contributed by atoms with Gasteiger partial charge in [0.25, 0.3) is 0 Å². The second-order valence-electron chi connectivity index (χ2n) is 12.1. The van der Waals surface area contributed by atoms with Crippen molar-refractivity contribution in [2.75, 3.05) is 13.1 Å². The standard InChI is InChI=1S/C35H53N3O4/c1-7-9-11-12-19-25-38(31(29-23-17-16-20-27(29)3)32(39)36-24-18-10-8-2)33(40)30(26-28-21-14-13-15-22-28)37-34(41)42-35(4,5)6/h13-17,20-23,30-31H,7-12,18-19,24-26H2,1-6H3,(H,36,39)(H,37,41). The molecule has 0 aliphatic carbocycles. The van der Waals surface area contributed by atoms with E-state index >= 15 is 0 Å². The molecular weight excluding hydrogens is 526 g/mol. The van der Waals surface area contributed by atoms with E-state index in [1.54, 1.807) is 25.7 Å². The molecule has 2 N–H and O–H groups in total. The zero-order valence-electron chi connectivity index (χ0n) is 26.7. The second-order valence-corrected chi connectivity index (χ2v) is 12.1. The first-order valence-electron chi connectivity index (χ1n) is 15.7. The molecule has 2 aromatic carbocycles. The number of benzene rings is 2. The van der Waals surface area contributed by atoms with Gasteiger partial charge < -0.3 is 20.3 Å². The van der Waals surface area contributed by atoms with Gasteiger partial charge in [0, 0.05) is 19.5 Å². The Morgan fingerprint density at radius 3 is 2.10 bits per heavy atom. The minimum Gasteiger partial charge on any atom is -0.444 e. The number of nitrogens with one attached hydrogen (secondary N) is 2. The average molecular weight is 580 g/mol. The van der Waals surface area contributed by atoms with E-state index in [4.69, 9.17) is 4.74 Å². The number of aryl methyl sites for hydroxylation is 1. The number of unbranched alkanes of at least 4 members (excludes halogenated alkanes) is 6. The molecule has 42 heavy (non-hydrogen) atoms. The predicted octanol–water partition coefficient (Wildman–Crippen LogP) is 7.28. The highest BCUT2D eigenvalue weighted by atomic mass is 16.6. The van der Waals surface area contributed by atoms with E-state index in [2.05, 4.69) is 24.5 Å². The van der Waals surface area contributed by atoms with E-state index in [-0.39, 0.29) is 18.2 Å². The molecule has 0 saturated carbocycles. The van der Waals surface area contributed by atoms with Gasteiger partial charge in [0.2, 0.25) is 11.8 Å². The lowest BCUT2D eigenvalue weighted by molar-refractivity contribution is -0.142. The molecule has 3 amide bonds. The second kappa shape index (κ2) is 18.2. The van der Waals surface area contributed by atoms with Crippen molar-refractivity contribution < 1.29 is 19.1 Å². The largest absolute Gasteiger partial charge is 0.444 e. The molecule has 2 aromatic rings. The fraction of sp³-hybridized carbons (Fsp3) is 0.571. The SMILES string of the molecule is CCCCCCCN(C(=O)C(Cc1ccccc1)NC(=O)OC(C)(C)C)C(C(=O)NCCCCC)c1ccccc1C. The van der Waals surface area contributed by atoms with E-state index in [1.807, 2.05) is 61.5 Å². The maximum absolute atomic E-state index is 14.6. The van der Waals surface area contributed by atoms with Crippen LogP contribution < -0.4 is 10.6 Å². The topological polar surface area (TPSA) is 87.7 Å². The summed E-state index contributed by atoms with van der Waals surface area (Å²) in [5.41, 5.74) is 1.93. The third-order valence-corrected chi connectivity index (χ3v) is 7.18. The van der Waals surface area contributed by atoms with Crippen molar-refractivity contribution in [2.45, 2.75) is 117 Å². The van der Waals surface area contributed by atoms with Crippen molar-refractivity contribution >= 4 is 17.9 Å². The van der Waals surface area contributed by atoms with Crippen LogP contribution in [-0.2, 0) is 20.7 Å². The Bertz CT molecular complexity index is 1100. The minimum absolute atomic E-state index is 0.196. The third-order valence-electron chi connectivity index (χ3n) is 7.18. The maximum Gasteiger partial charge on any atom is 0.408 e. The molecule has 7 nitrogen and oxygen atoms in total. The predicted molar refractivity (Wildman–Crippen MR) is 170 cm³/mol. The van der Waals surface area contributed by atoms with Crippen LogP contribution in [0.4, 0.5) is 4.79 Å². The molecule has 0 aliphatic heterocycles. The summed E-state index contributed by atoms with van der Waals surface area (Å²) < 4.78 is 5.55. The van der Waals surface area contributed by atoms with E-state index < -0.39 is 23.8 Å². The zero-order valence-corrected chi connectivity index (χ0v) is 26.7. The Morgan fingerprint density at radius 2 is 1.45 bits per heavy atom. The number of amides is 3. The molecule has 0 fully saturated rings. The van der Waals surface area contributed by atoms with Gasteiger partial charge in [0.05, 0.1) is 0 Å². The number of carbonyl (C=O) groups is 3. The number of nitrogens with zero attached hydrogens (tertiary/aromatic N) is 1. The summed E-state index contributed by atoms with van der Waals surface area (Å²) in [4.78, 5) is 43.1. The van der Waals surface area contributed by atoms with Crippen LogP contribution in [0, 0.1) is 6.92 Å². The number of carbonyl (C=O) groups excluding carboxylic acids is 3. The van der Waals surface area contributed by atoms with E-state index in [0.717, 1.165) is 68.1 Å². The molecule has 0 radical (unpaired) electrons. The van der Waals surface area contributed by atoms with Gasteiger partial charge in [0.15, 0.2) is 0 Å². The summed E-state index contributed by atoms with van der Waals surface area (Å²) >= 11 is 0. The molecule has 0 spiro atoms. The van der Waals surface area contributed by atoms with Gasteiger partial charge in [-0.25, -0.2) is 4.79 Å². The summed E-state index contributed by atoms with van der Waals surface area (Å²) in [7, 11) is 0. The molecule has 232 valence electrons. The smallest absolute Gasteiger partial charge is 0.408 e. The number of rotatable bonds is 17. The van der Waals surface area contributed by atoms with Gasteiger partial charge in [0.1, 0.15) is 17.7 Å². The maximum atomic E-state index is 14.6. The van der Waals surface area contributed by atoms with Gasteiger partial charge >= 0.3 is 6.09 Å². The van der Waals surface area contributed by atoms with Crippen LogP contribution in [0.2, 0.25) is 0 Å². The molecule has 7 heteroatoms. The van der Waals surface area contributed by atoms with Crippen molar-refractivity contribution in [3.05, 3.63) is 71.3 Å². The monoisotopic (exact) mass is 579 g/mol. The third kappa shape index (κ3) is 12.3. The molecule has 0 heterocycles. The average Bonchev–Trinajstić information content (AvgIpc) is 2.94. The van der Waals surface area contributed by atoms with Gasteiger partial charge in [-0.05, 0) is 57.2 Å². The van der Waals surface area contributed by atoms with Crippen molar-refractivity contribution in [2.24, 2.45) is 0 Å². The lowest BCUT2D eigenvalue weighted by Crippen LogP contribution is -2.54.